The first-order valence-electron chi connectivity index (χ1n) is 7.10. The average Bonchev–Trinajstić information content (AvgIpc) is 2.72. The van der Waals surface area contributed by atoms with Gasteiger partial charge in [-0.25, -0.2) is 12.7 Å². The molecule has 1 fully saturated rings. The van der Waals surface area contributed by atoms with Gasteiger partial charge in [-0.15, -0.1) is 0 Å². The average molecular weight is 342 g/mol. The number of para-hydroxylation sites is 2. The van der Waals surface area contributed by atoms with Crippen LogP contribution in [0, 0.1) is 0 Å². The molecular weight excluding hydrogens is 326 g/mol. The molecule has 2 heterocycles. The van der Waals surface area contributed by atoms with Crippen LogP contribution >= 0.6 is 11.6 Å². The summed E-state index contributed by atoms with van der Waals surface area (Å²) in [6.45, 7) is 0.160. The maximum atomic E-state index is 12.9. The summed E-state index contributed by atoms with van der Waals surface area (Å²) < 4.78 is 24.7. The number of anilines is 1. The highest BCUT2D eigenvalue weighted by Gasteiger charge is 2.48. The van der Waals surface area contributed by atoms with Crippen molar-refractivity contribution in [2.45, 2.75) is 30.0 Å². The summed E-state index contributed by atoms with van der Waals surface area (Å²) >= 11 is 6.30. The number of sulfonamides is 1. The van der Waals surface area contributed by atoms with Crippen LogP contribution in [0.5, 0.6) is 0 Å². The third-order valence-corrected chi connectivity index (χ3v) is 6.48. The largest absolute Gasteiger partial charge is 0.346 e. The number of hydrogen-bond donors (Lipinski definition) is 1. The third-order valence-electron chi connectivity index (χ3n) is 3.77. The topological polar surface area (TPSA) is 78.8 Å². The highest BCUT2D eigenvalue weighted by atomic mass is 35.5. The number of nitrogens with zero attached hydrogens (tertiary/aromatic N) is 2. The van der Waals surface area contributed by atoms with Gasteiger partial charge in [0.1, 0.15) is 0 Å². The quantitative estimate of drug-likeness (QED) is 0.662. The molecule has 1 aromatic rings. The highest BCUT2D eigenvalue weighted by Crippen LogP contribution is 2.37. The molecular formula is C14H16ClN3O3S. The predicted molar refractivity (Wildman–Crippen MR) is 85.9 cm³/mol. The summed E-state index contributed by atoms with van der Waals surface area (Å²) in [6.07, 6.45) is 3.54. The van der Waals surface area contributed by atoms with E-state index < -0.39 is 20.3 Å². The fraction of sp³-hybridized carbons (Fsp3) is 0.429. The second-order valence-corrected chi connectivity index (χ2v) is 8.18. The van der Waals surface area contributed by atoms with Crippen molar-refractivity contribution in [1.82, 2.24) is 4.31 Å². The Morgan fingerprint density at radius 3 is 2.82 bits per heavy atom. The van der Waals surface area contributed by atoms with E-state index in [1.54, 1.807) is 24.3 Å². The van der Waals surface area contributed by atoms with Gasteiger partial charge in [0, 0.05) is 13.0 Å². The molecule has 2 aliphatic rings. The van der Waals surface area contributed by atoms with Gasteiger partial charge < -0.3 is 5.32 Å². The molecule has 6 nitrogen and oxygen atoms in total. The van der Waals surface area contributed by atoms with Crippen LogP contribution in [0.3, 0.4) is 0 Å². The van der Waals surface area contributed by atoms with Gasteiger partial charge in [-0.05, 0) is 25.0 Å². The standard InChI is InChI=1S/C14H16ClN3O3S/c15-14(10-16-11-6-3-4-7-12(11)17-14)22(20,21)18-9-5-1-2-8-13(18)19/h3-4,6-7,10,17H,1-2,5,8-9H2. The lowest BCUT2D eigenvalue weighted by Gasteiger charge is -2.33. The van der Waals surface area contributed by atoms with E-state index in [4.69, 9.17) is 11.6 Å². The fourth-order valence-corrected chi connectivity index (χ4v) is 4.44. The van der Waals surface area contributed by atoms with Crippen LogP contribution < -0.4 is 5.32 Å². The van der Waals surface area contributed by atoms with E-state index in [1.807, 2.05) is 0 Å². The SMILES string of the molecule is O=C1CCCCCN1S(=O)(=O)C1(Cl)C=Nc2ccccc2N1. The Balaban J connectivity index is 1.97. The number of aliphatic imine (C=N–C) groups is 1. The minimum atomic E-state index is -4.11. The Morgan fingerprint density at radius 2 is 2.00 bits per heavy atom. The van der Waals surface area contributed by atoms with Crippen molar-refractivity contribution < 1.29 is 13.2 Å². The van der Waals surface area contributed by atoms with Crippen LogP contribution in [-0.4, -0.2) is 35.7 Å². The molecule has 1 unspecified atom stereocenters. The fourth-order valence-electron chi connectivity index (χ4n) is 2.56. The number of fused-ring (bicyclic) bond motifs is 1. The molecule has 0 radical (unpaired) electrons. The third kappa shape index (κ3) is 2.48. The van der Waals surface area contributed by atoms with E-state index in [1.165, 1.54) is 0 Å². The van der Waals surface area contributed by atoms with E-state index in [2.05, 4.69) is 10.3 Å². The lowest BCUT2D eigenvalue weighted by Crippen LogP contribution is -2.53. The van der Waals surface area contributed by atoms with Crippen LogP contribution in [0.2, 0.25) is 0 Å². The Labute approximate surface area is 134 Å². The monoisotopic (exact) mass is 341 g/mol. The maximum Gasteiger partial charge on any atom is 0.281 e. The van der Waals surface area contributed by atoms with Gasteiger partial charge in [-0.2, -0.15) is 0 Å². The molecule has 0 aliphatic carbocycles. The van der Waals surface area contributed by atoms with Crippen LogP contribution in [-0.2, 0) is 14.8 Å². The minimum absolute atomic E-state index is 0.160. The number of alkyl halides is 1. The highest BCUT2D eigenvalue weighted by molar-refractivity contribution is 7.93. The number of benzene rings is 1. The van der Waals surface area contributed by atoms with Gasteiger partial charge in [0.15, 0.2) is 0 Å². The van der Waals surface area contributed by atoms with E-state index in [0.717, 1.165) is 16.9 Å². The zero-order valence-corrected chi connectivity index (χ0v) is 13.4. The van der Waals surface area contributed by atoms with Crippen LogP contribution in [0.15, 0.2) is 29.3 Å². The first-order valence-corrected chi connectivity index (χ1v) is 8.92. The summed E-state index contributed by atoms with van der Waals surface area (Å²) in [6, 6.07) is 7.00. The molecule has 1 atom stereocenters. The molecule has 0 bridgehead atoms. The summed E-state index contributed by atoms with van der Waals surface area (Å²) in [4.78, 5) is 16.2. The number of rotatable bonds is 2. The summed E-state index contributed by atoms with van der Waals surface area (Å²) in [5, 5.41) is 2.79. The summed E-state index contributed by atoms with van der Waals surface area (Å²) in [7, 11) is -4.11. The lowest BCUT2D eigenvalue weighted by molar-refractivity contribution is -0.126. The van der Waals surface area contributed by atoms with Crippen molar-refractivity contribution in [2.24, 2.45) is 4.99 Å². The van der Waals surface area contributed by atoms with Crippen molar-refractivity contribution in [3.05, 3.63) is 24.3 Å². The second-order valence-electron chi connectivity index (χ2n) is 5.33. The molecule has 0 spiro atoms. The molecule has 0 aromatic heterocycles. The maximum absolute atomic E-state index is 12.9. The Morgan fingerprint density at radius 1 is 1.23 bits per heavy atom. The van der Waals surface area contributed by atoms with Gasteiger partial charge in [0.25, 0.3) is 14.4 Å². The first kappa shape index (κ1) is 15.3. The molecule has 118 valence electrons. The molecule has 3 rings (SSSR count). The van der Waals surface area contributed by atoms with Gasteiger partial charge in [0.2, 0.25) is 5.91 Å². The second kappa shape index (κ2) is 5.55. The summed E-state index contributed by atoms with van der Waals surface area (Å²) in [5.74, 6) is -0.411. The molecule has 0 saturated carbocycles. The van der Waals surface area contributed by atoms with E-state index in [9.17, 15) is 13.2 Å². The lowest BCUT2D eigenvalue weighted by atomic mass is 10.2. The molecule has 1 N–H and O–H groups in total. The molecule has 8 heteroatoms. The normalized spacial score (nSPS) is 25.3. The van der Waals surface area contributed by atoms with Gasteiger partial charge in [0.05, 0.1) is 17.6 Å². The minimum Gasteiger partial charge on any atom is -0.346 e. The van der Waals surface area contributed by atoms with Crippen LogP contribution in [0.1, 0.15) is 25.7 Å². The number of halogens is 1. The predicted octanol–water partition coefficient (Wildman–Crippen LogP) is 2.44. The zero-order valence-electron chi connectivity index (χ0n) is 11.8. The Bertz CT molecular complexity index is 735. The summed E-state index contributed by atoms with van der Waals surface area (Å²) in [5.41, 5.74) is 1.13. The van der Waals surface area contributed by atoms with E-state index in [0.29, 0.717) is 24.2 Å². The van der Waals surface area contributed by atoms with Crippen molar-refractivity contribution in [3.63, 3.8) is 0 Å². The molecule has 22 heavy (non-hydrogen) atoms. The van der Waals surface area contributed by atoms with Crippen molar-refractivity contribution in [1.29, 1.82) is 0 Å². The number of hydrogen-bond acceptors (Lipinski definition) is 5. The van der Waals surface area contributed by atoms with Gasteiger partial charge >= 0.3 is 0 Å². The first-order chi connectivity index (χ1) is 10.4. The number of carbonyl (C=O) groups is 1. The molecule has 1 aromatic carbocycles. The number of nitrogens with one attached hydrogen (secondary N) is 1. The number of carbonyl (C=O) groups excluding carboxylic acids is 1. The van der Waals surface area contributed by atoms with Gasteiger partial charge in [-0.1, -0.05) is 30.2 Å². The molecule has 2 aliphatic heterocycles. The van der Waals surface area contributed by atoms with Crippen molar-refractivity contribution in [2.75, 3.05) is 11.9 Å². The van der Waals surface area contributed by atoms with E-state index in [-0.39, 0.29) is 13.0 Å². The smallest absolute Gasteiger partial charge is 0.281 e. The van der Waals surface area contributed by atoms with Crippen LogP contribution in [0.25, 0.3) is 0 Å². The van der Waals surface area contributed by atoms with Gasteiger partial charge in [-0.3, -0.25) is 9.79 Å². The van der Waals surface area contributed by atoms with Crippen molar-refractivity contribution in [3.8, 4) is 0 Å². The van der Waals surface area contributed by atoms with E-state index >= 15 is 0 Å². The Hall–Kier alpha value is -1.60. The van der Waals surface area contributed by atoms with Crippen molar-refractivity contribution >= 4 is 45.1 Å². The molecule has 1 amide bonds. The zero-order chi connectivity index (χ0) is 15.8. The molecule has 1 saturated heterocycles. The van der Waals surface area contributed by atoms with Crippen LogP contribution in [0.4, 0.5) is 11.4 Å². The number of amides is 1. The Kier molecular flexibility index (Phi) is 3.86.